The molecule has 14 heteroatoms. The van der Waals surface area contributed by atoms with E-state index in [-0.39, 0.29) is 79.8 Å². The molecule has 1 aromatic rings. The predicted octanol–water partition coefficient (Wildman–Crippen LogP) is 5.10. The average molecular weight is 784 g/mol. The zero-order valence-electron chi connectivity index (χ0n) is 34.7. The summed E-state index contributed by atoms with van der Waals surface area (Å²) >= 11 is 0. The van der Waals surface area contributed by atoms with Crippen molar-refractivity contribution in [1.29, 1.82) is 0 Å². The lowest BCUT2D eigenvalue weighted by molar-refractivity contribution is -0.153. The molecule has 4 fully saturated rings. The Labute approximate surface area is 334 Å². The van der Waals surface area contributed by atoms with E-state index in [1.807, 2.05) is 92.6 Å². The van der Waals surface area contributed by atoms with Crippen molar-refractivity contribution in [3.05, 3.63) is 35.9 Å². The van der Waals surface area contributed by atoms with Crippen LogP contribution in [0.15, 0.2) is 30.3 Å². The highest BCUT2D eigenvalue weighted by atomic mass is 32.1. The Morgan fingerprint density at radius 2 is 1.45 bits per heavy atom. The number of rotatable bonds is 10. The van der Waals surface area contributed by atoms with Gasteiger partial charge in [-0.1, -0.05) is 99.6 Å². The normalized spacial score (nSPS) is 24.4. The minimum atomic E-state index is -1.01. The average Bonchev–Trinajstić information content (AvgIpc) is 3.90. The second kappa shape index (κ2) is 16.0. The summed E-state index contributed by atoms with van der Waals surface area (Å²) in [6.07, 6.45) is 2.42. The van der Waals surface area contributed by atoms with Crippen LogP contribution in [0, 0.1) is 39.4 Å². The summed E-state index contributed by atoms with van der Waals surface area (Å²) in [6.45, 7) is 21.9. The number of amides is 8. The molecule has 0 spiro atoms. The summed E-state index contributed by atoms with van der Waals surface area (Å²) in [5, 5.41) is 10.3. The number of carbonyl (C=O) groups excluding carboxylic acids is 6. The van der Waals surface area contributed by atoms with Crippen LogP contribution in [-0.2, 0) is 19.2 Å². The largest absolute Gasteiger partial charge is 0.336 e. The quantitative estimate of drug-likeness (QED) is 0.191. The Bertz CT molecular complexity index is 1610. The number of piperidine rings is 2. The first-order valence-electron chi connectivity index (χ1n) is 19.5. The number of nitrogens with one attached hydrogen (secondary N) is 4. The fraction of sp³-hybridized carbons (Fsp3) is 0.707. The Morgan fingerprint density at radius 1 is 0.873 bits per heavy atom. The van der Waals surface area contributed by atoms with Crippen molar-refractivity contribution in [2.45, 2.75) is 126 Å². The van der Waals surface area contributed by atoms with Crippen molar-refractivity contribution in [3.8, 4) is 0 Å². The number of fused-ring (bicyclic) bond motifs is 1. The van der Waals surface area contributed by atoms with Crippen LogP contribution in [-0.4, -0.2) is 88.3 Å². The molecule has 4 aliphatic rings. The molecule has 5 rings (SSSR count). The number of imide groups is 1. The predicted molar refractivity (Wildman–Crippen MR) is 215 cm³/mol. The van der Waals surface area contributed by atoms with E-state index in [0.29, 0.717) is 13.1 Å². The van der Waals surface area contributed by atoms with Gasteiger partial charge in [0, 0.05) is 32.5 Å². The number of urea groups is 2. The monoisotopic (exact) mass is 783 g/mol. The molecule has 55 heavy (non-hydrogen) atoms. The van der Waals surface area contributed by atoms with E-state index in [0.717, 1.165) is 18.4 Å². The lowest BCUT2D eigenvalue weighted by Gasteiger charge is -2.41. The second-order valence-electron chi connectivity index (χ2n) is 19.8. The number of likely N-dealkylation sites (tertiary alicyclic amines) is 2. The fourth-order valence-corrected chi connectivity index (χ4v) is 8.12. The van der Waals surface area contributed by atoms with Gasteiger partial charge >= 0.3 is 12.1 Å². The highest BCUT2D eigenvalue weighted by molar-refractivity contribution is 7.59. The first-order chi connectivity index (χ1) is 24.9. The number of hydrazine groups is 1. The summed E-state index contributed by atoms with van der Waals surface area (Å²) < 4.78 is 0. The topological polar surface area (TPSA) is 160 Å². The standard InChI is InChI=1S/C41H63N7O6.H2S/c1-24(26-15-13-12-14-16-26)42-37(54)48(21-25-17-18-25)45-34(51)32-31-27(41(31,10)11)22-47(32)35(52)33(39(5,6)7)44-36(53)43-28(38(2,3)4)23-46-29(49)19-40(8,9)20-30(46)50;/h12-16,24-25,27-28,31-33H,17-23H2,1-11H3,(H,42,54)(H,45,51)(H2,43,44,53);1H2/t24-,27-,28+,31-,32-,33+;/m0./s1. The van der Waals surface area contributed by atoms with Crippen LogP contribution in [0.5, 0.6) is 0 Å². The van der Waals surface area contributed by atoms with E-state index in [2.05, 4.69) is 35.2 Å². The minimum absolute atomic E-state index is 0. The molecule has 13 nitrogen and oxygen atoms in total. The van der Waals surface area contributed by atoms with Crippen LogP contribution in [0.4, 0.5) is 9.59 Å². The maximum Gasteiger partial charge on any atom is 0.336 e. The van der Waals surface area contributed by atoms with Crippen molar-refractivity contribution in [3.63, 3.8) is 0 Å². The van der Waals surface area contributed by atoms with Crippen molar-refractivity contribution < 1.29 is 28.8 Å². The maximum absolute atomic E-state index is 14.6. The van der Waals surface area contributed by atoms with Crippen LogP contribution >= 0.6 is 13.5 Å². The molecule has 2 aliphatic carbocycles. The number of benzene rings is 1. The van der Waals surface area contributed by atoms with Gasteiger partial charge in [0.1, 0.15) is 12.1 Å². The van der Waals surface area contributed by atoms with E-state index >= 15 is 0 Å². The third kappa shape index (κ3) is 10.1. The van der Waals surface area contributed by atoms with Crippen molar-refractivity contribution in [2.75, 3.05) is 19.6 Å². The molecule has 2 saturated carbocycles. The molecule has 4 N–H and O–H groups in total. The molecule has 0 unspecified atom stereocenters. The lowest BCUT2D eigenvalue weighted by Crippen LogP contribution is -2.63. The van der Waals surface area contributed by atoms with Crippen molar-refractivity contribution in [1.82, 2.24) is 36.2 Å². The summed E-state index contributed by atoms with van der Waals surface area (Å²) in [4.78, 5) is 85.1. The molecule has 6 atom stereocenters. The number of carbonyl (C=O) groups is 6. The number of hydrogen-bond acceptors (Lipinski definition) is 6. The van der Waals surface area contributed by atoms with Gasteiger partial charge in [-0.15, -0.1) is 0 Å². The number of nitrogens with zero attached hydrogens (tertiary/aromatic N) is 3. The highest BCUT2D eigenvalue weighted by Gasteiger charge is 2.70. The summed E-state index contributed by atoms with van der Waals surface area (Å²) in [6, 6.07) is 5.86. The molecule has 1 aromatic carbocycles. The molecule has 0 radical (unpaired) electrons. The summed E-state index contributed by atoms with van der Waals surface area (Å²) in [5.41, 5.74) is 1.97. The first kappa shape index (κ1) is 43.9. The number of hydrogen-bond donors (Lipinski definition) is 4. The second-order valence-corrected chi connectivity index (χ2v) is 19.8. The molecule has 2 heterocycles. The Kier molecular flexibility index (Phi) is 12.8. The molecule has 306 valence electrons. The molecular formula is C41H65N7O6S. The molecule has 0 aromatic heterocycles. The molecule has 2 saturated heterocycles. The third-order valence-electron chi connectivity index (χ3n) is 12.0. The van der Waals surface area contributed by atoms with Crippen LogP contribution in [0.3, 0.4) is 0 Å². The Morgan fingerprint density at radius 3 is 1.98 bits per heavy atom. The van der Waals surface area contributed by atoms with Crippen LogP contribution in [0.25, 0.3) is 0 Å². The van der Waals surface area contributed by atoms with Gasteiger partial charge < -0.3 is 20.9 Å². The van der Waals surface area contributed by atoms with Crippen LogP contribution < -0.4 is 21.4 Å². The molecule has 8 amide bonds. The third-order valence-corrected chi connectivity index (χ3v) is 12.0. The highest BCUT2D eigenvalue weighted by Crippen LogP contribution is 2.65. The lowest BCUT2D eigenvalue weighted by atomic mass is 9.80. The van der Waals surface area contributed by atoms with Gasteiger partial charge in [-0.3, -0.25) is 29.5 Å². The van der Waals surface area contributed by atoms with Crippen molar-refractivity contribution in [2.24, 2.45) is 39.4 Å². The van der Waals surface area contributed by atoms with Crippen LogP contribution in [0.2, 0.25) is 0 Å². The van der Waals surface area contributed by atoms with E-state index in [4.69, 9.17) is 0 Å². The zero-order chi connectivity index (χ0) is 40.1. The van der Waals surface area contributed by atoms with Gasteiger partial charge in [-0.2, -0.15) is 13.5 Å². The van der Waals surface area contributed by atoms with Gasteiger partial charge in [0.15, 0.2) is 0 Å². The summed E-state index contributed by atoms with van der Waals surface area (Å²) in [7, 11) is 0. The molecule has 0 bridgehead atoms. The van der Waals surface area contributed by atoms with Crippen molar-refractivity contribution >= 4 is 49.2 Å². The van der Waals surface area contributed by atoms with Gasteiger partial charge in [0.05, 0.1) is 12.1 Å². The molecule has 2 aliphatic heterocycles. The first-order valence-corrected chi connectivity index (χ1v) is 19.5. The SMILES string of the molecule is C[C@H](NC(=O)N(CC1CC1)NC(=O)[C@@H]1[C@@H]2[C@H](CN1C(=O)[C@@H](NC(=O)N[C@H](CN1C(=O)CC(C)(C)CC1=O)C(C)(C)C)C(C)(C)C)C2(C)C)c1ccccc1.S. The maximum atomic E-state index is 14.6. The van der Waals surface area contributed by atoms with E-state index in [1.165, 1.54) is 9.91 Å². The Hall–Kier alpha value is -3.81. The molecular weight excluding hydrogens is 719 g/mol. The minimum Gasteiger partial charge on any atom is -0.333 e. The van der Waals surface area contributed by atoms with Gasteiger partial charge in [-0.25, -0.2) is 14.6 Å². The van der Waals surface area contributed by atoms with Gasteiger partial charge in [0.25, 0.3) is 5.91 Å². The van der Waals surface area contributed by atoms with Gasteiger partial charge in [-0.05, 0) is 64.7 Å². The Balaban J connectivity index is 0.00000673. The van der Waals surface area contributed by atoms with Crippen LogP contribution in [0.1, 0.15) is 113 Å². The van der Waals surface area contributed by atoms with E-state index < -0.39 is 52.3 Å². The fourth-order valence-electron chi connectivity index (χ4n) is 8.12. The smallest absolute Gasteiger partial charge is 0.333 e. The summed E-state index contributed by atoms with van der Waals surface area (Å²) in [5.74, 6) is -1.08. The van der Waals surface area contributed by atoms with Gasteiger partial charge in [0.2, 0.25) is 17.7 Å². The zero-order valence-corrected chi connectivity index (χ0v) is 35.7. The van der Waals surface area contributed by atoms with E-state index in [9.17, 15) is 28.8 Å². The van der Waals surface area contributed by atoms with E-state index in [1.54, 1.807) is 4.90 Å².